The summed E-state index contributed by atoms with van der Waals surface area (Å²) in [5.41, 5.74) is -1.20. The van der Waals surface area contributed by atoms with Gasteiger partial charge < -0.3 is 14.9 Å². The number of ether oxygens (including phenoxy) is 1. The predicted molar refractivity (Wildman–Crippen MR) is 74.8 cm³/mol. The van der Waals surface area contributed by atoms with Crippen molar-refractivity contribution in [2.45, 2.75) is 18.4 Å². The van der Waals surface area contributed by atoms with E-state index in [9.17, 15) is 19.8 Å². The highest BCUT2D eigenvalue weighted by atomic mass is 35.5. The van der Waals surface area contributed by atoms with Crippen molar-refractivity contribution in [2.24, 2.45) is 17.8 Å². The summed E-state index contributed by atoms with van der Waals surface area (Å²) in [7, 11) is 0. The molecule has 5 nitrogen and oxygen atoms in total. The number of fused-ring (bicyclic) bond motifs is 1. The largest absolute Gasteiger partial charge is 0.484 e. The Labute approximate surface area is 130 Å². The molecule has 1 aromatic carbocycles. The normalized spacial score (nSPS) is 33.3. The molecule has 1 aromatic rings. The van der Waals surface area contributed by atoms with Crippen molar-refractivity contribution in [3.63, 3.8) is 0 Å². The highest BCUT2D eigenvalue weighted by molar-refractivity contribution is 6.35. The van der Waals surface area contributed by atoms with E-state index in [0.717, 1.165) is 0 Å². The molecule has 3 rings (SSSR count). The van der Waals surface area contributed by atoms with Crippen LogP contribution in [-0.4, -0.2) is 27.8 Å². The van der Waals surface area contributed by atoms with Crippen LogP contribution in [0.15, 0.2) is 18.2 Å². The van der Waals surface area contributed by atoms with E-state index < -0.39 is 29.4 Å². The van der Waals surface area contributed by atoms with Crippen LogP contribution in [0, 0.1) is 17.8 Å². The summed E-state index contributed by atoms with van der Waals surface area (Å²) in [6.45, 7) is 0. The molecule has 2 aliphatic rings. The predicted octanol–water partition coefficient (Wildman–Crippen LogP) is 2.94. The second-order valence-electron chi connectivity index (χ2n) is 5.42. The first-order valence-corrected chi connectivity index (χ1v) is 7.23. The summed E-state index contributed by atoms with van der Waals surface area (Å²) in [5, 5.41) is 19.3. The Hall–Kier alpha value is -1.46. The first kappa shape index (κ1) is 14.5. The molecular weight excluding hydrogens is 319 g/mol. The van der Waals surface area contributed by atoms with Crippen LogP contribution < -0.4 is 4.74 Å². The number of halogens is 2. The van der Waals surface area contributed by atoms with Crippen LogP contribution in [0.2, 0.25) is 10.0 Å². The molecule has 4 atom stereocenters. The molecule has 0 saturated heterocycles. The summed E-state index contributed by atoms with van der Waals surface area (Å²) in [5.74, 6) is -3.73. The van der Waals surface area contributed by atoms with Crippen LogP contribution in [0.1, 0.15) is 12.8 Å². The van der Waals surface area contributed by atoms with Gasteiger partial charge in [0.05, 0.1) is 10.9 Å². The lowest BCUT2D eigenvalue weighted by atomic mass is 9.97. The Morgan fingerprint density at radius 3 is 2.43 bits per heavy atom. The number of benzene rings is 1. The number of hydrogen-bond donors (Lipinski definition) is 2. The molecule has 0 radical (unpaired) electrons. The summed E-state index contributed by atoms with van der Waals surface area (Å²) in [4.78, 5) is 22.8. The SMILES string of the molecule is O=C(O)C1CCC2C(C(=O)O)C12Oc1ccc(Cl)cc1Cl. The van der Waals surface area contributed by atoms with Crippen LogP contribution in [0.25, 0.3) is 0 Å². The Morgan fingerprint density at radius 2 is 1.90 bits per heavy atom. The van der Waals surface area contributed by atoms with Crippen molar-refractivity contribution in [2.75, 3.05) is 0 Å². The third-order valence-electron chi connectivity index (χ3n) is 4.41. The summed E-state index contributed by atoms with van der Waals surface area (Å²) in [6.07, 6.45) is 0.939. The minimum absolute atomic E-state index is 0.239. The zero-order valence-corrected chi connectivity index (χ0v) is 12.3. The van der Waals surface area contributed by atoms with Crippen molar-refractivity contribution in [1.29, 1.82) is 0 Å². The van der Waals surface area contributed by atoms with Gasteiger partial charge in [-0.3, -0.25) is 9.59 Å². The molecule has 0 bridgehead atoms. The van der Waals surface area contributed by atoms with Gasteiger partial charge in [-0.2, -0.15) is 0 Å². The minimum atomic E-state index is -1.20. The Kier molecular flexibility index (Phi) is 3.30. The first-order chi connectivity index (χ1) is 9.87. The Bertz CT molecular complexity index is 632. The number of carboxylic acids is 2. The topological polar surface area (TPSA) is 83.8 Å². The van der Waals surface area contributed by atoms with Crippen LogP contribution in [0.3, 0.4) is 0 Å². The van der Waals surface area contributed by atoms with E-state index in [4.69, 9.17) is 27.9 Å². The van der Waals surface area contributed by atoms with Crippen molar-refractivity contribution in [1.82, 2.24) is 0 Å². The number of rotatable bonds is 4. The lowest BCUT2D eigenvalue weighted by Crippen LogP contribution is -2.37. The fourth-order valence-corrected chi connectivity index (χ4v) is 3.98. The standard InChI is InChI=1S/C14H12Cl2O5/c15-6-1-4-10(9(16)5-6)21-14-7(11(14)13(19)20)2-3-8(14)12(17)18/h1,4-5,7-8,11H,2-3H2,(H,17,18)(H,19,20). The third kappa shape index (κ3) is 2.07. The lowest BCUT2D eigenvalue weighted by molar-refractivity contribution is -0.148. The molecular formula is C14H12Cl2O5. The van der Waals surface area contributed by atoms with Gasteiger partial charge in [0, 0.05) is 10.9 Å². The van der Waals surface area contributed by atoms with Gasteiger partial charge >= 0.3 is 11.9 Å². The first-order valence-electron chi connectivity index (χ1n) is 6.47. The van der Waals surface area contributed by atoms with Gasteiger partial charge in [-0.05, 0) is 31.0 Å². The van der Waals surface area contributed by atoms with Crippen LogP contribution in [0.4, 0.5) is 0 Å². The molecule has 7 heteroatoms. The molecule has 2 N–H and O–H groups in total. The summed E-state index contributed by atoms with van der Waals surface area (Å²) in [6, 6.07) is 4.58. The van der Waals surface area contributed by atoms with E-state index in [0.29, 0.717) is 17.9 Å². The smallest absolute Gasteiger partial charge is 0.311 e. The molecule has 4 unspecified atom stereocenters. The number of carboxylic acid groups (broad SMARTS) is 2. The molecule has 0 aromatic heterocycles. The van der Waals surface area contributed by atoms with Crippen molar-refractivity contribution in [3.8, 4) is 5.75 Å². The number of hydrogen-bond acceptors (Lipinski definition) is 3. The molecule has 0 aliphatic heterocycles. The highest BCUT2D eigenvalue weighted by Gasteiger charge is 2.79. The molecule has 112 valence electrons. The highest BCUT2D eigenvalue weighted by Crippen LogP contribution is 2.66. The number of aliphatic carboxylic acids is 2. The molecule has 2 saturated carbocycles. The third-order valence-corrected chi connectivity index (χ3v) is 4.95. The molecule has 0 spiro atoms. The average molecular weight is 331 g/mol. The van der Waals surface area contributed by atoms with Gasteiger partial charge in [-0.1, -0.05) is 23.2 Å². The lowest BCUT2D eigenvalue weighted by Gasteiger charge is -2.23. The molecule has 21 heavy (non-hydrogen) atoms. The second-order valence-corrected chi connectivity index (χ2v) is 6.26. The second kappa shape index (κ2) is 4.78. The maximum Gasteiger partial charge on any atom is 0.311 e. The monoisotopic (exact) mass is 330 g/mol. The van der Waals surface area contributed by atoms with Gasteiger partial charge in [0.25, 0.3) is 0 Å². The van der Waals surface area contributed by atoms with Gasteiger partial charge in [-0.25, -0.2) is 0 Å². The van der Waals surface area contributed by atoms with E-state index in [1.54, 1.807) is 6.07 Å². The minimum Gasteiger partial charge on any atom is -0.484 e. The average Bonchev–Trinajstić information content (AvgIpc) is 2.87. The fourth-order valence-electron chi connectivity index (χ4n) is 3.54. The van der Waals surface area contributed by atoms with Crippen LogP contribution in [0.5, 0.6) is 5.75 Å². The van der Waals surface area contributed by atoms with Crippen molar-refractivity contribution in [3.05, 3.63) is 28.2 Å². The van der Waals surface area contributed by atoms with Gasteiger partial charge in [0.1, 0.15) is 17.3 Å². The van der Waals surface area contributed by atoms with E-state index in [1.807, 2.05) is 0 Å². The summed E-state index contributed by atoms with van der Waals surface area (Å²) < 4.78 is 5.82. The molecule has 0 heterocycles. The van der Waals surface area contributed by atoms with Gasteiger partial charge in [-0.15, -0.1) is 0 Å². The fraction of sp³-hybridized carbons (Fsp3) is 0.429. The Morgan fingerprint density at radius 1 is 1.19 bits per heavy atom. The van der Waals surface area contributed by atoms with E-state index in [-0.39, 0.29) is 16.7 Å². The van der Waals surface area contributed by atoms with Gasteiger partial charge in [0.15, 0.2) is 0 Å². The van der Waals surface area contributed by atoms with Crippen molar-refractivity contribution < 1.29 is 24.5 Å². The summed E-state index contributed by atoms with van der Waals surface area (Å²) >= 11 is 11.8. The van der Waals surface area contributed by atoms with E-state index in [2.05, 4.69) is 0 Å². The van der Waals surface area contributed by atoms with E-state index in [1.165, 1.54) is 12.1 Å². The van der Waals surface area contributed by atoms with E-state index >= 15 is 0 Å². The zero-order valence-electron chi connectivity index (χ0n) is 10.8. The van der Waals surface area contributed by atoms with Gasteiger partial charge in [0.2, 0.25) is 0 Å². The van der Waals surface area contributed by atoms with Crippen molar-refractivity contribution >= 4 is 35.1 Å². The number of carbonyl (C=O) groups is 2. The molecule has 2 aliphatic carbocycles. The zero-order chi connectivity index (χ0) is 15.4. The maximum absolute atomic E-state index is 11.4. The van der Waals surface area contributed by atoms with Crippen LogP contribution >= 0.6 is 23.2 Å². The Balaban J connectivity index is 1.96. The quantitative estimate of drug-likeness (QED) is 0.886. The molecule has 2 fully saturated rings. The maximum atomic E-state index is 11.4. The molecule has 0 amide bonds. The van der Waals surface area contributed by atoms with Crippen LogP contribution in [-0.2, 0) is 9.59 Å².